The summed E-state index contributed by atoms with van der Waals surface area (Å²) in [6.07, 6.45) is 2.12. The minimum absolute atomic E-state index is 0.0760. The lowest BCUT2D eigenvalue weighted by atomic mass is 10.2. The van der Waals surface area contributed by atoms with E-state index in [0.29, 0.717) is 51.1 Å². The number of carbonyl (C=O) groups is 2. The van der Waals surface area contributed by atoms with Gasteiger partial charge in [0.1, 0.15) is 0 Å². The lowest BCUT2D eigenvalue weighted by Gasteiger charge is -2.01. The Balaban J connectivity index is 1.52. The third kappa shape index (κ3) is 6.03. The van der Waals surface area contributed by atoms with E-state index in [2.05, 4.69) is 15.3 Å². The molecular weight excluding hydrogens is 437 g/mol. The largest absolute Gasteiger partial charge is 0.466 e. The average Bonchev–Trinajstić information content (AvgIpc) is 3.30. The van der Waals surface area contributed by atoms with Crippen LogP contribution >= 0.6 is 34.5 Å². The van der Waals surface area contributed by atoms with Crippen molar-refractivity contribution in [2.75, 3.05) is 11.9 Å². The topological polar surface area (TPSA) is 94.3 Å². The van der Waals surface area contributed by atoms with Crippen LogP contribution in [-0.2, 0) is 27.2 Å². The fraction of sp³-hybridized carbons (Fsp3) is 0.263. The monoisotopic (exact) mass is 453 g/mol. The number of carbonyl (C=O) groups excluding carboxylic acids is 2. The Hall–Kier alpha value is -2.42. The Labute approximate surface area is 181 Å². The van der Waals surface area contributed by atoms with E-state index in [9.17, 15) is 9.59 Å². The molecule has 2 heterocycles. The number of halogens is 2. The van der Waals surface area contributed by atoms with Crippen molar-refractivity contribution in [1.82, 2.24) is 9.97 Å². The van der Waals surface area contributed by atoms with Gasteiger partial charge in [0.2, 0.25) is 5.91 Å². The minimum atomic E-state index is -0.351. The van der Waals surface area contributed by atoms with E-state index in [1.165, 1.54) is 11.3 Å². The number of amides is 1. The van der Waals surface area contributed by atoms with Gasteiger partial charge >= 0.3 is 5.97 Å². The summed E-state index contributed by atoms with van der Waals surface area (Å²) < 4.78 is 10.6. The second-order valence-corrected chi connectivity index (χ2v) is 7.62. The van der Waals surface area contributed by atoms with Gasteiger partial charge in [-0.3, -0.25) is 9.59 Å². The lowest BCUT2D eigenvalue weighted by Crippen LogP contribution is -2.12. The molecule has 3 rings (SSSR count). The van der Waals surface area contributed by atoms with Gasteiger partial charge in [-0.25, -0.2) is 9.97 Å². The molecule has 1 amide bonds. The van der Waals surface area contributed by atoms with E-state index in [4.69, 9.17) is 32.4 Å². The number of aromatic nitrogens is 2. The lowest BCUT2D eigenvalue weighted by molar-refractivity contribution is -0.142. The van der Waals surface area contributed by atoms with Crippen LogP contribution in [0.5, 0.6) is 0 Å². The summed E-state index contributed by atoms with van der Waals surface area (Å²) >= 11 is 13.3. The summed E-state index contributed by atoms with van der Waals surface area (Å²) in [6.45, 7) is 2.06. The maximum atomic E-state index is 12.1. The summed E-state index contributed by atoms with van der Waals surface area (Å²) in [4.78, 5) is 32.0. The summed E-state index contributed by atoms with van der Waals surface area (Å²) in [6, 6.07) is 5.08. The number of benzene rings is 1. The average molecular weight is 454 g/mol. The van der Waals surface area contributed by atoms with Crippen LogP contribution in [0.2, 0.25) is 10.0 Å². The van der Waals surface area contributed by atoms with Crippen LogP contribution in [0, 0.1) is 0 Å². The van der Waals surface area contributed by atoms with Crippen molar-refractivity contribution in [2.24, 2.45) is 0 Å². The first-order chi connectivity index (χ1) is 13.9. The molecule has 0 spiro atoms. The molecule has 1 N–H and O–H groups in total. The molecule has 1 aromatic carbocycles. The SMILES string of the molecule is CCOC(=O)Cc1csc(NC(=O)CCc2ncc(-c3ccc(Cl)cc3Cl)o2)n1. The Bertz CT molecular complexity index is 1020. The summed E-state index contributed by atoms with van der Waals surface area (Å²) in [5.74, 6) is 0.344. The molecule has 10 heteroatoms. The van der Waals surface area contributed by atoms with Crippen molar-refractivity contribution in [3.05, 3.63) is 51.4 Å². The number of thiazole rings is 1. The van der Waals surface area contributed by atoms with Gasteiger partial charge < -0.3 is 14.5 Å². The normalized spacial score (nSPS) is 10.7. The number of oxazole rings is 1. The van der Waals surface area contributed by atoms with E-state index in [1.54, 1.807) is 36.7 Å². The van der Waals surface area contributed by atoms with Crippen LogP contribution in [-0.4, -0.2) is 28.5 Å². The number of anilines is 1. The van der Waals surface area contributed by atoms with E-state index >= 15 is 0 Å². The molecule has 7 nitrogen and oxygen atoms in total. The first-order valence-electron chi connectivity index (χ1n) is 8.74. The third-order valence-electron chi connectivity index (χ3n) is 3.74. The standard InChI is InChI=1S/C19H17Cl2N3O4S/c1-2-27-18(26)8-12-10-29-19(23-12)24-16(25)5-6-17-22-9-15(28-17)13-4-3-11(20)7-14(13)21/h3-4,7,9-10H,2,5-6,8H2,1H3,(H,23,24,25). The van der Waals surface area contributed by atoms with E-state index < -0.39 is 0 Å². The molecule has 2 aromatic heterocycles. The zero-order valence-electron chi connectivity index (χ0n) is 15.4. The molecule has 0 saturated heterocycles. The van der Waals surface area contributed by atoms with Gasteiger partial charge in [-0.05, 0) is 25.1 Å². The summed E-state index contributed by atoms with van der Waals surface area (Å²) in [5.41, 5.74) is 1.23. The molecule has 0 fully saturated rings. The number of esters is 1. The van der Waals surface area contributed by atoms with Gasteiger partial charge in [-0.2, -0.15) is 0 Å². The molecule has 29 heavy (non-hydrogen) atoms. The first-order valence-corrected chi connectivity index (χ1v) is 10.4. The number of hydrogen-bond acceptors (Lipinski definition) is 7. The van der Waals surface area contributed by atoms with Crippen molar-refractivity contribution in [1.29, 1.82) is 0 Å². The molecule has 152 valence electrons. The number of nitrogens with zero attached hydrogens (tertiary/aromatic N) is 2. The fourth-order valence-corrected chi connectivity index (χ4v) is 3.68. The van der Waals surface area contributed by atoms with Crippen molar-refractivity contribution in [3.63, 3.8) is 0 Å². The second kappa shape index (κ2) is 9.87. The highest BCUT2D eigenvalue weighted by Gasteiger charge is 2.13. The van der Waals surface area contributed by atoms with Crippen molar-refractivity contribution < 1.29 is 18.7 Å². The van der Waals surface area contributed by atoms with Gasteiger partial charge in [0.15, 0.2) is 16.8 Å². The Kier molecular flexibility index (Phi) is 7.24. The molecule has 3 aromatic rings. The van der Waals surface area contributed by atoms with Gasteiger partial charge in [0, 0.05) is 28.8 Å². The van der Waals surface area contributed by atoms with Crippen LogP contribution in [0.3, 0.4) is 0 Å². The number of nitrogens with one attached hydrogen (secondary N) is 1. The van der Waals surface area contributed by atoms with Gasteiger partial charge in [0.05, 0.1) is 29.9 Å². The predicted molar refractivity (Wildman–Crippen MR) is 111 cm³/mol. The maximum Gasteiger partial charge on any atom is 0.311 e. The highest BCUT2D eigenvalue weighted by molar-refractivity contribution is 7.13. The van der Waals surface area contributed by atoms with Crippen molar-refractivity contribution >= 4 is 51.5 Å². The van der Waals surface area contributed by atoms with Gasteiger partial charge in [-0.1, -0.05) is 23.2 Å². The number of aryl methyl sites for hydroxylation is 1. The fourth-order valence-electron chi connectivity index (χ4n) is 2.45. The van der Waals surface area contributed by atoms with E-state index in [1.807, 2.05) is 0 Å². The Morgan fingerprint density at radius 2 is 2.14 bits per heavy atom. The molecule has 0 aliphatic rings. The van der Waals surface area contributed by atoms with Gasteiger partial charge in [0.25, 0.3) is 0 Å². The van der Waals surface area contributed by atoms with Crippen molar-refractivity contribution in [3.8, 4) is 11.3 Å². The first kappa shape index (κ1) is 21.3. The smallest absolute Gasteiger partial charge is 0.311 e. The predicted octanol–water partition coefficient (Wildman–Crippen LogP) is 4.78. The zero-order chi connectivity index (χ0) is 20.8. The number of rotatable bonds is 8. The van der Waals surface area contributed by atoms with Crippen LogP contribution in [0.1, 0.15) is 24.9 Å². The highest BCUT2D eigenvalue weighted by Crippen LogP contribution is 2.30. The second-order valence-electron chi connectivity index (χ2n) is 5.92. The number of hydrogen-bond donors (Lipinski definition) is 1. The number of ether oxygens (including phenoxy) is 1. The third-order valence-corrected chi connectivity index (χ3v) is 5.10. The van der Waals surface area contributed by atoms with Crippen LogP contribution in [0.25, 0.3) is 11.3 Å². The molecule has 0 saturated carbocycles. The Morgan fingerprint density at radius 3 is 2.90 bits per heavy atom. The van der Waals surface area contributed by atoms with Crippen molar-refractivity contribution in [2.45, 2.75) is 26.2 Å². The maximum absolute atomic E-state index is 12.1. The van der Waals surface area contributed by atoms with Crippen LogP contribution < -0.4 is 5.32 Å². The van der Waals surface area contributed by atoms with E-state index in [0.717, 1.165) is 0 Å². The highest BCUT2D eigenvalue weighted by atomic mass is 35.5. The minimum Gasteiger partial charge on any atom is -0.466 e. The van der Waals surface area contributed by atoms with E-state index in [-0.39, 0.29) is 24.7 Å². The summed E-state index contributed by atoms with van der Waals surface area (Å²) in [5, 5.41) is 5.83. The Morgan fingerprint density at radius 1 is 1.31 bits per heavy atom. The molecule has 0 aliphatic carbocycles. The molecule has 0 aliphatic heterocycles. The molecular formula is C19H17Cl2N3O4S. The summed E-state index contributed by atoms with van der Waals surface area (Å²) in [7, 11) is 0. The quantitative estimate of drug-likeness (QED) is 0.493. The van der Waals surface area contributed by atoms with Crippen LogP contribution in [0.4, 0.5) is 5.13 Å². The molecule has 0 radical (unpaired) electrons. The van der Waals surface area contributed by atoms with Crippen LogP contribution in [0.15, 0.2) is 34.2 Å². The molecule has 0 bridgehead atoms. The zero-order valence-corrected chi connectivity index (χ0v) is 17.7. The van der Waals surface area contributed by atoms with Gasteiger partial charge in [-0.15, -0.1) is 11.3 Å². The molecule has 0 atom stereocenters. The molecule has 0 unspecified atom stereocenters.